The molecule has 0 unspecified atom stereocenters. The van der Waals surface area contributed by atoms with Crippen molar-refractivity contribution in [2.24, 2.45) is 11.3 Å². The van der Waals surface area contributed by atoms with E-state index in [0.29, 0.717) is 11.1 Å². The smallest absolute Gasteiger partial charge is 0.234 e. The minimum atomic E-state index is -0.365. The van der Waals surface area contributed by atoms with E-state index in [-0.39, 0.29) is 28.3 Å². The summed E-state index contributed by atoms with van der Waals surface area (Å²) < 4.78 is 0. The van der Waals surface area contributed by atoms with Crippen molar-refractivity contribution >= 4 is 27.9 Å². The Bertz CT molecular complexity index is 995. The lowest BCUT2D eigenvalue weighted by Gasteiger charge is -2.35. The normalized spacial score (nSPS) is 15.7. The van der Waals surface area contributed by atoms with Gasteiger partial charge in [-0.2, -0.15) is 0 Å². The predicted molar refractivity (Wildman–Crippen MR) is 113 cm³/mol. The third kappa shape index (κ3) is 2.96. The van der Waals surface area contributed by atoms with E-state index < -0.39 is 0 Å². The van der Waals surface area contributed by atoms with Crippen LogP contribution in [0, 0.1) is 11.3 Å². The van der Waals surface area contributed by atoms with Crippen LogP contribution in [0.25, 0.3) is 16.3 Å². The number of fused-ring (bicyclic) bond motifs is 3. The van der Waals surface area contributed by atoms with Crippen LogP contribution in [0.1, 0.15) is 76.9 Å². The van der Waals surface area contributed by atoms with E-state index >= 15 is 0 Å². The topological polar surface area (TPSA) is 34.1 Å². The van der Waals surface area contributed by atoms with Crippen molar-refractivity contribution in [1.29, 1.82) is 0 Å². The first kappa shape index (κ1) is 19.5. The van der Waals surface area contributed by atoms with Gasteiger partial charge in [0.1, 0.15) is 0 Å². The maximum atomic E-state index is 13.2. The molecule has 1 aliphatic carbocycles. The fourth-order valence-corrected chi connectivity index (χ4v) is 3.94. The largest absolute Gasteiger partial charge is 0.285 e. The molecule has 0 fully saturated rings. The fraction of sp³-hybridized carbons (Fsp3) is 0.440. The van der Waals surface area contributed by atoms with Crippen molar-refractivity contribution in [2.75, 3.05) is 0 Å². The van der Waals surface area contributed by atoms with Gasteiger partial charge in [-0.05, 0) is 57.2 Å². The second kappa shape index (κ2) is 6.15. The molecule has 0 N–H and O–H groups in total. The van der Waals surface area contributed by atoms with E-state index in [1.807, 2.05) is 13.0 Å². The van der Waals surface area contributed by atoms with Crippen LogP contribution >= 0.6 is 0 Å². The highest BCUT2D eigenvalue weighted by Gasteiger charge is 2.41. The van der Waals surface area contributed by atoms with E-state index in [1.165, 1.54) is 5.56 Å². The number of hydrogen-bond donors (Lipinski definition) is 0. The molecule has 0 bridgehead atoms. The molecule has 0 spiro atoms. The van der Waals surface area contributed by atoms with Crippen molar-refractivity contribution in [3.63, 3.8) is 0 Å². The number of carbonyl (C=O) groups is 2. The van der Waals surface area contributed by atoms with Gasteiger partial charge >= 0.3 is 0 Å². The van der Waals surface area contributed by atoms with Gasteiger partial charge in [-0.25, -0.2) is 0 Å². The second-order valence-corrected chi connectivity index (χ2v) is 9.71. The molecule has 142 valence electrons. The Hall–Kier alpha value is -2.22. The Morgan fingerprint density at radius 2 is 1.44 bits per heavy atom. The van der Waals surface area contributed by atoms with Gasteiger partial charge in [-0.3, -0.25) is 9.59 Å². The summed E-state index contributed by atoms with van der Waals surface area (Å²) in [7, 11) is 0. The van der Waals surface area contributed by atoms with Crippen LogP contribution in [0.2, 0.25) is 0 Å². The third-order valence-corrected chi connectivity index (χ3v) is 6.41. The number of benzene rings is 2. The van der Waals surface area contributed by atoms with Gasteiger partial charge in [-0.15, -0.1) is 0 Å². The highest BCUT2D eigenvalue weighted by atomic mass is 16.2. The second-order valence-electron chi connectivity index (χ2n) is 9.71. The molecule has 1 aliphatic rings. The molecule has 0 saturated carbocycles. The predicted octanol–water partition coefficient (Wildman–Crippen LogP) is 6.36. The summed E-state index contributed by atoms with van der Waals surface area (Å²) >= 11 is 0. The third-order valence-electron chi connectivity index (χ3n) is 6.41. The van der Waals surface area contributed by atoms with Crippen molar-refractivity contribution in [3.8, 4) is 0 Å². The van der Waals surface area contributed by atoms with Crippen LogP contribution in [0.4, 0.5) is 0 Å². The zero-order chi connectivity index (χ0) is 20.3. The Labute approximate surface area is 162 Å². The molecule has 0 aliphatic heterocycles. The van der Waals surface area contributed by atoms with Crippen molar-refractivity contribution in [1.82, 2.24) is 0 Å². The van der Waals surface area contributed by atoms with Crippen molar-refractivity contribution in [2.45, 2.75) is 60.8 Å². The molecule has 0 heterocycles. The summed E-state index contributed by atoms with van der Waals surface area (Å²) in [5.74, 6) is -0.447. The average molecular weight is 363 g/mol. The number of rotatable bonds is 2. The van der Waals surface area contributed by atoms with Crippen LogP contribution in [0.5, 0.6) is 0 Å². The summed E-state index contributed by atoms with van der Waals surface area (Å²) in [4.78, 5) is 26.4. The van der Waals surface area contributed by atoms with Crippen molar-refractivity contribution in [3.05, 3.63) is 52.6 Å². The molecule has 2 nitrogen and oxygen atoms in total. The van der Waals surface area contributed by atoms with Gasteiger partial charge < -0.3 is 0 Å². The Morgan fingerprint density at radius 3 is 2.00 bits per heavy atom. The minimum absolute atomic E-state index is 0.0195. The number of allylic oxidation sites excluding steroid dienone is 2. The van der Waals surface area contributed by atoms with Crippen molar-refractivity contribution < 1.29 is 9.59 Å². The molecule has 2 aromatic rings. The molecular formula is C25H30O2. The monoisotopic (exact) mass is 362 g/mol. The molecule has 0 aromatic heterocycles. The minimum Gasteiger partial charge on any atom is -0.285 e. The Balaban J connectivity index is 2.38. The summed E-state index contributed by atoms with van der Waals surface area (Å²) in [5.41, 5.74) is 3.88. The fourth-order valence-electron chi connectivity index (χ4n) is 3.94. The first-order valence-electron chi connectivity index (χ1n) is 9.75. The summed E-state index contributed by atoms with van der Waals surface area (Å²) in [6.45, 7) is 16.8. The first-order chi connectivity index (χ1) is 12.4. The Kier molecular flexibility index (Phi) is 4.45. The van der Waals surface area contributed by atoms with E-state index in [1.54, 1.807) is 0 Å². The summed E-state index contributed by atoms with van der Waals surface area (Å²) in [5, 5.41) is 1.89. The number of Topliss-reactive ketones (excluding diaryl/α,β-unsaturated/α-hetero) is 2. The molecule has 2 aromatic carbocycles. The lowest BCUT2D eigenvalue weighted by atomic mass is 9.67. The number of hydrogen-bond acceptors (Lipinski definition) is 2. The highest BCUT2D eigenvalue weighted by molar-refractivity contribution is 6.54. The standard InChI is InChI=1S/C25H30O2/c1-14(2)25(7,8)21-15(3)18-12-10-16-9-11-17(24(4,5)6)13-19(16)20(18)22(26)23(21)27/h9-14H,1-8H3. The highest BCUT2D eigenvalue weighted by Crippen LogP contribution is 2.44. The van der Waals surface area contributed by atoms with Gasteiger partial charge in [0, 0.05) is 11.1 Å². The van der Waals surface area contributed by atoms with Crippen LogP contribution in [-0.2, 0) is 10.2 Å². The molecule has 2 heteroatoms. The summed E-state index contributed by atoms with van der Waals surface area (Å²) in [6, 6.07) is 10.3. The van der Waals surface area contributed by atoms with E-state index in [0.717, 1.165) is 21.9 Å². The Morgan fingerprint density at radius 1 is 0.852 bits per heavy atom. The van der Waals surface area contributed by atoms with Gasteiger partial charge in [0.05, 0.1) is 0 Å². The molecule has 0 radical (unpaired) electrons. The molecule has 0 amide bonds. The van der Waals surface area contributed by atoms with Crippen LogP contribution in [0.3, 0.4) is 0 Å². The molecule has 0 atom stereocenters. The van der Waals surface area contributed by atoms with E-state index in [2.05, 4.69) is 72.7 Å². The zero-order valence-corrected chi connectivity index (χ0v) is 17.8. The number of ketones is 2. The van der Waals surface area contributed by atoms with Gasteiger partial charge in [0.25, 0.3) is 0 Å². The quantitative estimate of drug-likeness (QED) is 0.583. The van der Waals surface area contributed by atoms with Crippen LogP contribution < -0.4 is 0 Å². The lowest BCUT2D eigenvalue weighted by molar-refractivity contribution is -0.113. The zero-order valence-electron chi connectivity index (χ0n) is 17.8. The van der Waals surface area contributed by atoms with E-state index in [9.17, 15) is 9.59 Å². The van der Waals surface area contributed by atoms with Gasteiger partial charge in [-0.1, -0.05) is 72.7 Å². The van der Waals surface area contributed by atoms with Crippen LogP contribution in [0.15, 0.2) is 35.9 Å². The maximum Gasteiger partial charge on any atom is 0.234 e. The summed E-state index contributed by atoms with van der Waals surface area (Å²) in [6.07, 6.45) is 0. The van der Waals surface area contributed by atoms with Gasteiger partial charge in [0.15, 0.2) is 0 Å². The molecule has 0 saturated heterocycles. The van der Waals surface area contributed by atoms with E-state index in [4.69, 9.17) is 0 Å². The lowest BCUT2D eigenvalue weighted by Crippen LogP contribution is -2.34. The SMILES string of the molecule is CC1=C(C(C)(C)C(C)C)C(=O)C(=O)c2c1ccc1ccc(C(C)(C)C)cc21. The van der Waals surface area contributed by atoms with Crippen LogP contribution in [-0.4, -0.2) is 11.6 Å². The maximum absolute atomic E-state index is 13.2. The van der Waals surface area contributed by atoms with Gasteiger partial charge in [0.2, 0.25) is 11.6 Å². The average Bonchev–Trinajstić information content (AvgIpc) is 2.57. The number of carbonyl (C=O) groups excluding carboxylic acids is 2. The molecule has 3 rings (SSSR count). The first-order valence-corrected chi connectivity index (χ1v) is 9.75. The molecule has 27 heavy (non-hydrogen) atoms. The molecular weight excluding hydrogens is 332 g/mol.